The number of benzene rings is 2. The maximum atomic E-state index is 3.59. The maximum absolute atomic E-state index is 3.59. The van der Waals surface area contributed by atoms with Crippen LogP contribution in [-0.2, 0) is 0 Å². The molecule has 0 bridgehead atoms. The van der Waals surface area contributed by atoms with Gasteiger partial charge in [-0.05, 0) is 51.9 Å². The summed E-state index contributed by atoms with van der Waals surface area (Å²) in [7, 11) is 0. The van der Waals surface area contributed by atoms with E-state index in [9.17, 15) is 0 Å². The molecule has 0 saturated carbocycles. The fourth-order valence-electron chi connectivity index (χ4n) is 1.39. The molecule has 0 saturated heterocycles. The van der Waals surface area contributed by atoms with Crippen LogP contribution in [0.5, 0.6) is 0 Å². The van der Waals surface area contributed by atoms with Gasteiger partial charge < -0.3 is 0 Å². The molecule has 0 spiro atoms. The van der Waals surface area contributed by atoms with Crippen molar-refractivity contribution in [3.63, 3.8) is 0 Å². The van der Waals surface area contributed by atoms with Crippen LogP contribution >= 0.6 is 54.5 Å². The summed E-state index contributed by atoms with van der Waals surface area (Å²) in [6.07, 6.45) is 0. The molecule has 2 aromatic rings. The van der Waals surface area contributed by atoms with Crippen LogP contribution in [0.15, 0.2) is 51.4 Å². The highest BCUT2D eigenvalue weighted by molar-refractivity contribution is 14.1. The predicted molar refractivity (Wildman–Crippen MR) is 80.0 cm³/mol. The minimum Gasteiger partial charge on any atom is -0.0616 e. The molecule has 15 heavy (non-hydrogen) atoms. The third-order valence-electron chi connectivity index (χ3n) is 2.10. The zero-order valence-electron chi connectivity index (χ0n) is 7.68. The topological polar surface area (TPSA) is 0 Å². The van der Waals surface area contributed by atoms with Crippen molar-refractivity contribution < 1.29 is 0 Å². The highest BCUT2D eigenvalue weighted by atomic mass is 127. The Morgan fingerprint density at radius 3 is 2.13 bits per heavy atom. The lowest BCUT2D eigenvalue weighted by Gasteiger charge is -2.07. The van der Waals surface area contributed by atoms with E-state index in [-0.39, 0.29) is 0 Å². The number of hydrogen-bond acceptors (Lipinski definition) is 0. The Morgan fingerprint density at radius 1 is 0.800 bits per heavy atom. The van der Waals surface area contributed by atoms with E-state index in [1.54, 1.807) is 0 Å². The Labute approximate surface area is 119 Å². The van der Waals surface area contributed by atoms with Crippen LogP contribution in [0.3, 0.4) is 0 Å². The molecule has 0 atom stereocenters. The van der Waals surface area contributed by atoms with Crippen LogP contribution < -0.4 is 0 Å². The van der Waals surface area contributed by atoms with Gasteiger partial charge in [-0.25, -0.2) is 0 Å². The largest absolute Gasteiger partial charge is 0.0616 e. The Kier molecular flexibility index (Phi) is 3.85. The number of hydrogen-bond donors (Lipinski definition) is 0. The van der Waals surface area contributed by atoms with E-state index in [2.05, 4.69) is 84.8 Å². The molecule has 0 N–H and O–H groups in total. The second-order valence-corrected chi connectivity index (χ2v) is 6.06. The van der Waals surface area contributed by atoms with Gasteiger partial charge in [0.05, 0.1) is 0 Å². The molecular formula is C12H7Br2I. The monoisotopic (exact) mass is 436 g/mol. The molecule has 0 nitrogen and oxygen atoms in total. The molecule has 0 aliphatic carbocycles. The van der Waals surface area contributed by atoms with Crippen LogP contribution in [0.2, 0.25) is 0 Å². The number of halogens is 3. The van der Waals surface area contributed by atoms with Gasteiger partial charge in [0.25, 0.3) is 0 Å². The lowest BCUT2D eigenvalue weighted by molar-refractivity contribution is 1.53. The molecule has 0 fully saturated rings. The van der Waals surface area contributed by atoms with Gasteiger partial charge in [0.1, 0.15) is 0 Å². The highest BCUT2D eigenvalue weighted by Gasteiger charge is 2.06. The average molecular weight is 438 g/mol. The second-order valence-electron chi connectivity index (χ2n) is 3.10. The van der Waals surface area contributed by atoms with Crippen molar-refractivity contribution in [1.29, 1.82) is 0 Å². The first-order valence-electron chi connectivity index (χ1n) is 4.38. The fraction of sp³-hybridized carbons (Fsp3) is 0. The van der Waals surface area contributed by atoms with E-state index in [0.717, 1.165) is 8.95 Å². The van der Waals surface area contributed by atoms with E-state index in [4.69, 9.17) is 0 Å². The van der Waals surface area contributed by atoms with Gasteiger partial charge in [0.2, 0.25) is 0 Å². The standard InChI is InChI=1S/C12H7Br2I/c13-11-4-2-1-3-9(11)10-6-5-8(15)7-12(10)14/h1-7H. The summed E-state index contributed by atoms with van der Waals surface area (Å²) in [6.45, 7) is 0. The van der Waals surface area contributed by atoms with Crippen LogP contribution in [0, 0.1) is 3.57 Å². The molecule has 0 amide bonds. The summed E-state index contributed by atoms with van der Waals surface area (Å²) < 4.78 is 3.48. The van der Waals surface area contributed by atoms with Crippen molar-refractivity contribution in [3.05, 3.63) is 55.0 Å². The summed E-state index contributed by atoms with van der Waals surface area (Å²) in [5.41, 5.74) is 2.42. The Morgan fingerprint density at radius 2 is 1.47 bits per heavy atom. The van der Waals surface area contributed by atoms with Crippen LogP contribution in [0.1, 0.15) is 0 Å². The molecular weight excluding hydrogens is 431 g/mol. The summed E-state index contributed by atoms with van der Waals surface area (Å²) in [4.78, 5) is 0. The fourth-order valence-corrected chi connectivity index (χ4v) is 3.40. The molecule has 0 radical (unpaired) electrons. The third-order valence-corrected chi connectivity index (χ3v) is 4.11. The van der Waals surface area contributed by atoms with Crippen molar-refractivity contribution >= 4 is 54.5 Å². The highest BCUT2D eigenvalue weighted by Crippen LogP contribution is 2.34. The van der Waals surface area contributed by atoms with Crippen molar-refractivity contribution in [2.24, 2.45) is 0 Å². The van der Waals surface area contributed by atoms with Gasteiger partial charge in [-0.2, -0.15) is 0 Å². The molecule has 3 heteroatoms. The predicted octanol–water partition coefficient (Wildman–Crippen LogP) is 5.48. The molecule has 2 rings (SSSR count). The van der Waals surface area contributed by atoms with Crippen molar-refractivity contribution in [1.82, 2.24) is 0 Å². The number of rotatable bonds is 1. The molecule has 0 heterocycles. The zero-order chi connectivity index (χ0) is 10.8. The first-order chi connectivity index (χ1) is 7.18. The van der Waals surface area contributed by atoms with E-state index in [0.29, 0.717) is 0 Å². The van der Waals surface area contributed by atoms with Crippen LogP contribution in [-0.4, -0.2) is 0 Å². The molecule has 0 aliphatic heterocycles. The smallest absolute Gasteiger partial charge is 0.0264 e. The summed E-state index contributed by atoms with van der Waals surface area (Å²) >= 11 is 9.46. The first kappa shape index (κ1) is 11.6. The SMILES string of the molecule is Brc1ccccc1-c1ccc(I)cc1Br. The van der Waals surface area contributed by atoms with E-state index in [1.165, 1.54) is 14.7 Å². The van der Waals surface area contributed by atoms with Crippen molar-refractivity contribution in [3.8, 4) is 11.1 Å². The van der Waals surface area contributed by atoms with Crippen molar-refractivity contribution in [2.75, 3.05) is 0 Å². The maximum Gasteiger partial charge on any atom is 0.0264 e. The van der Waals surface area contributed by atoms with Gasteiger partial charge in [-0.3, -0.25) is 0 Å². The Hall–Kier alpha value is 0.130. The summed E-state index contributed by atoms with van der Waals surface area (Å²) in [5, 5.41) is 0. The van der Waals surface area contributed by atoms with E-state index < -0.39 is 0 Å². The Bertz CT molecular complexity index is 495. The van der Waals surface area contributed by atoms with E-state index in [1.807, 2.05) is 12.1 Å². The quantitative estimate of drug-likeness (QED) is 0.518. The van der Waals surface area contributed by atoms with Crippen LogP contribution in [0.25, 0.3) is 11.1 Å². The molecule has 76 valence electrons. The van der Waals surface area contributed by atoms with Crippen molar-refractivity contribution in [2.45, 2.75) is 0 Å². The minimum atomic E-state index is 1.12. The lowest BCUT2D eigenvalue weighted by atomic mass is 10.1. The molecule has 0 unspecified atom stereocenters. The second kappa shape index (κ2) is 4.97. The van der Waals surface area contributed by atoms with Crippen LogP contribution in [0.4, 0.5) is 0 Å². The van der Waals surface area contributed by atoms with Gasteiger partial charge in [0, 0.05) is 12.5 Å². The third kappa shape index (κ3) is 2.63. The summed E-state index contributed by atoms with van der Waals surface area (Å²) in [6, 6.07) is 14.6. The van der Waals surface area contributed by atoms with Gasteiger partial charge in [-0.1, -0.05) is 56.1 Å². The lowest BCUT2D eigenvalue weighted by Crippen LogP contribution is -1.82. The van der Waals surface area contributed by atoms with E-state index >= 15 is 0 Å². The zero-order valence-corrected chi connectivity index (χ0v) is 13.0. The molecule has 0 aliphatic rings. The first-order valence-corrected chi connectivity index (χ1v) is 7.05. The van der Waals surface area contributed by atoms with Gasteiger partial charge in [0.15, 0.2) is 0 Å². The molecule has 2 aromatic carbocycles. The van der Waals surface area contributed by atoms with Gasteiger partial charge >= 0.3 is 0 Å². The average Bonchev–Trinajstić information content (AvgIpc) is 2.20. The van der Waals surface area contributed by atoms with Gasteiger partial charge in [-0.15, -0.1) is 0 Å². The normalized spacial score (nSPS) is 10.3. The molecule has 0 aromatic heterocycles. The minimum absolute atomic E-state index is 1.12. The summed E-state index contributed by atoms with van der Waals surface area (Å²) in [5.74, 6) is 0. The Balaban J connectivity index is 2.60.